The fourth-order valence-electron chi connectivity index (χ4n) is 2.15. The monoisotopic (exact) mass is 235 g/mol. The summed E-state index contributed by atoms with van der Waals surface area (Å²) in [5, 5.41) is 0.462. The SMILES string of the molecule is Cc1nc(C2CC(=O)C2)n2ccnc(Cl)c12. The number of aromatic nitrogens is 3. The van der Waals surface area contributed by atoms with Crippen LogP contribution in [0.2, 0.25) is 5.15 Å². The molecule has 2 heterocycles. The molecule has 1 saturated carbocycles. The van der Waals surface area contributed by atoms with Crippen molar-refractivity contribution in [2.45, 2.75) is 25.7 Å². The molecule has 16 heavy (non-hydrogen) atoms. The molecule has 1 aliphatic rings. The van der Waals surface area contributed by atoms with E-state index in [4.69, 9.17) is 11.6 Å². The van der Waals surface area contributed by atoms with Gasteiger partial charge in [0.2, 0.25) is 0 Å². The van der Waals surface area contributed by atoms with E-state index in [1.807, 2.05) is 17.5 Å². The lowest BCUT2D eigenvalue weighted by molar-refractivity contribution is -0.124. The molecule has 0 atom stereocenters. The largest absolute Gasteiger partial charge is 0.300 e. The number of ketones is 1. The van der Waals surface area contributed by atoms with Crippen LogP contribution in [0.15, 0.2) is 12.4 Å². The Kier molecular flexibility index (Phi) is 2.01. The van der Waals surface area contributed by atoms with E-state index in [2.05, 4.69) is 9.97 Å². The Morgan fingerprint density at radius 1 is 1.50 bits per heavy atom. The Morgan fingerprint density at radius 2 is 2.25 bits per heavy atom. The minimum atomic E-state index is 0.243. The molecule has 2 aromatic rings. The lowest BCUT2D eigenvalue weighted by atomic mass is 9.83. The molecule has 0 amide bonds. The second-order valence-corrected chi connectivity index (χ2v) is 4.49. The molecule has 0 aromatic carbocycles. The number of aryl methyl sites for hydroxylation is 1. The summed E-state index contributed by atoms with van der Waals surface area (Å²) >= 11 is 6.03. The second kappa shape index (κ2) is 3.28. The number of Topliss-reactive ketones (excluding diaryl/α,β-unsaturated/α-hetero) is 1. The van der Waals surface area contributed by atoms with Crippen LogP contribution in [0.4, 0.5) is 0 Å². The van der Waals surface area contributed by atoms with Crippen LogP contribution in [0.1, 0.15) is 30.3 Å². The van der Waals surface area contributed by atoms with Gasteiger partial charge in [-0.3, -0.25) is 9.20 Å². The number of rotatable bonds is 1. The lowest BCUT2D eigenvalue weighted by Crippen LogP contribution is -2.23. The van der Waals surface area contributed by atoms with E-state index in [-0.39, 0.29) is 5.92 Å². The van der Waals surface area contributed by atoms with E-state index >= 15 is 0 Å². The average Bonchev–Trinajstić information content (AvgIpc) is 2.53. The maximum Gasteiger partial charge on any atom is 0.154 e. The fourth-order valence-corrected chi connectivity index (χ4v) is 2.44. The van der Waals surface area contributed by atoms with Gasteiger partial charge in [0, 0.05) is 31.2 Å². The van der Waals surface area contributed by atoms with Crippen molar-refractivity contribution in [3.05, 3.63) is 29.1 Å². The smallest absolute Gasteiger partial charge is 0.154 e. The summed E-state index contributed by atoms with van der Waals surface area (Å²) in [5.41, 5.74) is 1.71. The van der Waals surface area contributed by atoms with Gasteiger partial charge < -0.3 is 0 Å². The molecular formula is C11H10ClN3O. The van der Waals surface area contributed by atoms with Gasteiger partial charge in [-0.15, -0.1) is 0 Å². The van der Waals surface area contributed by atoms with Gasteiger partial charge in [-0.1, -0.05) is 11.6 Å². The van der Waals surface area contributed by atoms with Crippen molar-refractivity contribution in [2.75, 3.05) is 0 Å². The molecule has 1 aliphatic carbocycles. The van der Waals surface area contributed by atoms with Gasteiger partial charge >= 0.3 is 0 Å². The highest BCUT2D eigenvalue weighted by atomic mass is 35.5. The molecule has 2 aromatic heterocycles. The molecule has 0 radical (unpaired) electrons. The number of carbonyl (C=O) groups is 1. The molecule has 0 saturated heterocycles. The molecular weight excluding hydrogens is 226 g/mol. The standard InChI is InChI=1S/C11H10ClN3O/c1-6-9-10(12)13-2-3-15(9)11(14-6)7-4-8(16)5-7/h2-3,7H,4-5H2,1H3. The molecule has 82 valence electrons. The molecule has 5 heteroatoms. The van der Waals surface area contributed by atoms with Crippen LogP contribution >= 0.6 is 11.6 Å². The van der Waals surface area contributed by atoms with Gasteiger partial charge in [0.25, 0.3) is 0 Å². The van der Waals surface area contributed by atoms with Crippen molar-refractivity contribution in [3.8, 4) is 0 Å². The molecule has 0 bridgehead atoms. The van der Waals surface area contributed by atoms with Gasteiger partial charge in [0.05, 0.1) is 5.69 Å². The molecule has 1 fully saturated rings. The van der Waals surface area contributed by atoms with Gasteiger partial charge in [-0.2, -0.15) is 0 Å². The summed E-state index contributed by atoms with van der Waals surface area (Å²) in [6.07, 6.45) is 4.69. The van der Waals surface area contributed by atoms with Crippen molar-refractivity contribution >= 4 is 22.9 Å². The topological polar surface area (TPSA) is 47.3 Å². The predicted molar refractivity (Wildman–Crippen MR) is 59.7 cm³/mol. The molecule has 0 unspecified atom stereocenters. The number of hydrogen-bond donors (Lipinski definition) is 0. The highest BCUT2D eigenvalue weighted by Gasteiger charge is 2.32. The van der Waals surface area contributed by atoms with Crippen molar-refractivity contribution in [1.82, 2.24) is 14.4 Å². The Balaban J connectivity index is 2.19. The van der Waals surface area contributed by atoms with Crippen LogP contribution in [0.3, 0.4) is 0 Å². The first-order valence-electron chi connectivity index (χ1n) is 5.17. The third kappa shape index (κ3) is 1.26. The summed E-state index contributed by atoms with van der Waals surface area (Å²) in [4.78, 5) is 19.5. The maximum absolute atomic E-state index is 11.0. The number of nitrogens with zero attached hydrogens (tertiary/aromatic N) is 3. The van der Waals surface area contributed by atoms with Crippen molar-refractivity contribution < 1.29 is 4.79 Å². The van der Waals surface area contributed by atoms with E-state index in [0.29, 0.717) is 23.8 Å². The number of fused-ring (bicyclic) bond motifs is 1. The summed E-state index contributed by atoms with van der Waals surface area (Å²) in [6.45, 7) is 1.91. The molecule has 4 nitrogen and oxygen atoms in total. The summed E-state index contributed by atoms with van der Waals surface area (Å²) in [7, 11) is 0. The highest BCUT2D eigenvalue weighted by Crippen LogP contribution is 2.34. The predicted octanol–water partition coefficient (Wildman–Crippen LogP) is 2.14. The van der Waals surface area contributed by atoms with Crippen molar-refractivity contribution in [3.63, 3.8) is 0 Å². The first-order chi connectivity index (χ1) is 7.66. The Morgan fingerprint density at radius 3 is 2.94 bits per heavy atom. The highest BCUT2D eigenvalue weighted by molar-refractivity contribution is 6.32. The van der Waals surface area contributed by atoms with Crippen LogP contribution in [0.5, 0.6) is 0 Å². The number of imidazole rings is 1. The quantitative estimate of drug-likeness (QED) is 0.761. The van der Waals surface area contributed by atoms with Crippen LogP contribution in [-0.2, 0) is 4.79 Å². The zero-order chi connectivity index (χ0) is 11.3. The number of carbonyl (C=O) groups excluding carboxylic acids is 1. The fraction of sp³-hybridized carbons (Fsp3) is 0.364. The van der Waals surface area contributed by atoms with Crippen LogP contribution in [-0.4, -0.2) is 20.2 Å². The Labute approximate surface area is 97.3 Å². The van der Waals surface area contributed by atoms with Crippen LogP contribution in [0, 0.1) is 6.92 Å². The van der Waals surface area contributed by atoms with Crippen molar-refractivity contribution in [2.24, 2.45) is 0 Å². The third-order valence-electron chi connectivity index (χ3n) is 3.02. The second-order valence-electron chi connectivity index (χ2n) is 4.14. The van der Waals surface area contributed by atoms with Gasteiger partial charge in [-0.05, 0) is 6.92 Å². The first kappa shape index (κ1) is 9.78. The third-order valence-corrected chi connectivity index (χ3v) is 3.30. The van der Waals surface area contributed by atoms with Crippen molar-refractivity contribution in [1.29, 1.82) is 0 Å². The van der Waals surface area contributed by atoms with Gasteiger partial charge in [0.15, 0.2) is 5.15 Å². The Bertz CT molecular complexity index is 582. The molecule has 3 rings (SSSR count). The molecule has 0 spiro atoms. The van der Waals surface area contributed by atoms with E-state index < -0.39 is 0 Å². The lowest BCUT2D eigenvalue weighted by Gasteiger charge is -2.22. The van der Waals surface area contributed by atoms with Crippen LogP contribution < -0.4 is 0 Å². The van der Waals surface area contributed by atoms with Gasteiger partial charge in [0.1, 0.15) is 17.1 Å². The van der Waals surface area contributed by atoms with Gasteiger partial charge in [-0.25, -0.2) is 9.97 Å². The van der Waals surface area contributed by atoms with E-state index in [9.17, 15) is 4.79 Å². The zero-order valence-corrected chi connectivity index (χ0v) is 9.53. The first-order valence-corrected chi connectivity index (χ1v) is 5.55. The maximum atomic E-state index is 11.0. The number of hydrogen-bond acceptors (Lipinski definition) is 3. The van der Waals surface area contributed by atoms with E-state index in [1.54, 1.807) is 6.20 Å². The van der Waals surface area contributed by atoms with E-state index in [0.717, 1.165) is 17.0 Å². The minimum absolute atomic E-state index is 0.243. The van der Waals surface area contributed by atoms with E-state index in [1.165, 1.54) is 0 Å². The molecule has 0 N–H and O–H groups in total. The summed E-state index contributed by atoms with van der Waals surface area (Å²) < 4.78 is 1.95. The number of halogens is 1. The average molecular weight is 236 g/mol. The molecule has 0 aliphatic heterocycles. The van der Waals surface area contributed by atoms with Crippen LogP contribution in [0.25, 0.3) is 5.52 Å². The normalized spacial score (nSPS) is 16.8. The summed E-state index contributed by atoms with van der Waals surface area (Å²) in [6, 6.07) is 0. The zero-order valence-electron chi connectivity index (χ0n) is 8.77. The minimum Gasteiger partial charge on any atom is -0.300 e. The summed E-state index contributed by atoms with van der Waals surface area (Å²) in [5.74, 6) is 1.48. The Hall–Kier alpha value is -1.42.